The molecule has 1 aliphatic heterocycles. The molecule has 3 unspecified atom stereocenters. The van der Waals surface area contributed by atoms with Crippen LogP contribution in [0.1, 0.15) is 36.5 Å². The summed E-state index contributed by atoms with van der Waals surface area (Å²) in [5.41, 5.74) is 1.08. The fourth-order valence-electron chi connectivity index (χ4n) is 2.81. The lowest BCUT2D eigenvalue weighted by molar-refractivity contribution is -0.117. The van der Waals surface area contributed by atoms with E-state index in [0.717, 1.165) is 25.9 Å². The van der Waals surface area contributed by atoms with E-state index in [9.17, 15) is 9.59 Å². The molecule has 2 amide bonds. The molecule has 5 nitrogen and oxygen atoms in total. The quantitative estimate of drug-likeness (QED) is 0.876. The summed E-state index contributed by atoms with van der Waals surface area (Å²) in [6, 6.07) is 7.13. The van der Waals surface area contributed by atoms with Gasteiger partial charge in [0.05, 0.1) is 17.4 Å². The Hall–Kier alpha value is -1.88. The van der Waals surface area contributed by atoms with Crippen molar-refractivity contribution in [3.63, 3.8) is 0 Å². The number of ether oxygens (including phenoxy) is 1. The van der Waals surface area contributed by atoms with Gasteiger partial charge in [0.2, 0.25) is 5.91 Å². The average Bonchev–Trinajstić information content (AvgIpc) is 3.03. The van der Waals surface area contributed by atoms with Crippen LogP contribution in [0.4, 0.5) is 5.69 Å². The third-order valence-electron chi connectivity index (χ3n) is 4.39. The van der Waals surface area contributed by atoms with Crippen LogP contribution >= 0.6 is 0 Å². The Morgan fingerprint density at radius 1 is 1.32 bits per heavy atom. The molecule has 1 saturated carbocycles. The molecule has 22 heavy (non-hydrogen) atoms. The van der Waals surface area contributed by atoms with Gasteiger partial charge < -0.3 is 15.4 Å². The molecule has 1 heterocycles. The molecule has 2 aliphatic rings. The van der Waals surface area contributed by atoms with Gasteiger partial charge in [0.15, 0.2) is 0 Å². The van der Waals surface area contributed by atoms with Gasteiger partial charge in [-0.15, -0.1) is 0 Å². The zero-order chi connectivity index (χ0) is 15.5. The number of carbonyl (C=O) groups excluding carboxylic acids is 2. The van der Waals surface area contributed by atoms with E-state index >= 15 is 0 Å². The molecular formula is C17H22N2O3. The second-order valence-corrected chi connectivity index (χ2v) is 6.20. The summed E-state index contributed by atoms with van der Waals surface area (Å²) in [6.45, 7) is 3.35. The van der Waals surface area contributed by atoms with Crippen LogP contribution in [0.3, 0.4) is 0 Å². The summed E-state index contributed by atoms with van der Waals surface area (Å²) in [4.78, 5) is 24.4. The SMILES string of the molecule is CC1CC1C(=O)Nc1ccccc1C(=O)NCC1CCCO1. The van der Waals surface area contributed by atoms with Crippen molar-refractivity contribution in [3.05, 3.63) is 29.8 Å². The Kier molecular flexibility index (Phi) is 4.43. The molecular weight excluding hydrogens is 280 g/mol. The predicted octanol–water partition coefficient (Wildman–Crippen LogP) is 2.19. The first-order chi connectivity index (χ1) is 10.6. The first-order valence-corrected chi connectivity index (χ1v) is 7.95. The van der Waals surface area contributed by atoms with Crippen LogP contribution in [0.2, 0.25) is 0 Å². The van der Waals surface area contributed by atoms with E-state index in [0.29, 0.717) is 23.7 Å². The van der Waals surface area contributed by atoms with Gasteiger partial charge >= 0.3 is 0 Å². The fraction of sp³-hybridized carbons (Fsp3) is 0.529. The molecule has 1 saturated heterocycles. The monoisotopic (exact) mass is 302 g/mol. The van der Waals surface area contributed by atoms with Crippen molar-refractivity contribution in [2.45, 2.75) is 32.3 Å². The molecule has 1 aromatic rings. The van der Waals surface area contributed by atoms with Crippen LogP contribution in [0.25, 0.3) is 0 Å². The van der Waals surface area contributed by atoms with Gasteiger partial charge in [0.1, 0.15) is 0 Å². The topological polar surface area (TPSA) is 67.4 Å². The normalized spacial score (nSPS) is 26.5. The lowest BCUT2D eigenvalue weighted by Crippen LogP contribution is -2.32. The number of para-hydroxylation sites is 1. The fourth-order valence-corrected chi connectivity index (χ4v) is 2.81. The summed E-state index contributed by atoms with van der Waals surface area (Å²) >= 11 is 0. The van der Waals surface area contributed by atoms with E-state index in [2.05, 4.69) is 17.6 Å². The molecule has 2 N–H and O–H groups in total. The number of anilines is 1. The number of hydrogen-bond donors (Lipinski definition) is 2. The highest BCUT2D eigenvalue weighted by Crippen LogP contribution is 2.38. The largest absolute Gasteiger partial charge is 0.376 e. The first kappa shape index (κ1) is 15.0. The van der Waals surface area contributed by atoms with Gasteiger partial charge in [-0.2, -0.15) is 0 Å². The highest BCUT2D eigenvalue weighted by atomic mass is 16.5. The number of hydrogen-bond acceptors (Lipinski definition) is 3. The maximum Gasteiger partial charge on any atom is 0.253 e. The van der Waals surface area contributed by atoms with Crippen molar-refractivity contribution in [2.24, 2.45) is 11.8 Å². The molecule has 0 radical (unpaired) electrons. The number of benzene rings is 1. The maximum absolute atomic E-state index is 12.3. The molecule has 1 aliphatic carbocycles. The summed E-state index contributed by atoms with van der Waals surface area (Å²) in [7, 11) is 0. The second kappa shape index (κ2) is 6.48. The van der Waals surface area contributed by atoms with Crippen LogP contribution < -0.4 is 10.6 Å². The minimum atomic E-state index is -0.171. The lowest BCUT2D eigenvalue weighted by atomic mass is 10.1. The van der Waals surface area contributed by atoms with Gasteiger partial charge in [0.25, 0.3) is 5.91 Å². The molecule has 0 bridgehead atoms. The van der Waals surface area contributed by atoms with E-state index in [1.165, 1.54) is 0 Å². The van der Waals surface area contributed by atoms with Crippen molar-refractivity contribution < 1.29 is 14.3 Å². The Morgan fingerprint density at radius 3 is 2.77 bits per heavy atom. The molecule has 0 spiro atoms. The van der Waals surface area contributed by atoms with Gasteiger partial charge in [0, 0.05) is 19.1 Å². The lowest BCUT2D eigenvalue weighted by Gasteiger charge is -2.13. The highest BCUT2D eigenvalue weighted by molar-refractivity contribution is 6.04. The van der Waals surface area contributed by atoms with E-state index in [-0.39, 0.29) is 23.8 Å². The smallest absolute Gasteiger partial charge is 0.253 e. The van der Waals surface area contributed by atoms with Crippen molar-refractivity contribution >= 4 is 17.5 Å². The van der Waals surface area contributed by atoms with E-state index in [1.807, 2.05) is 6.07 Å². The van der Waals surface area contributed by atoms with E-state index < -0.39 is 0 Å². The highest BCUT2D eigenvalue weighted by Gasteiger charge is 2.39. The Bertz CT molecular complexity index is 567. The third kappa shape index (κ3) is 3.47. The molecule has 2 fully saturated rings. The molecule has 5 heteroatoms. The average molecular weight is 302 g/mol. The van der Waals surface area contributed by atoms with Crippen LogP contribution in [-0.4, -0.2) is 31.1 Å². The van der Waals surface area contributed by atoms with Gasteiger partial charge in [-0.3, -0.25) is 9.59 Å². The molecule has 118 valence electrons. The minimum Gasteiger partial charge on any atom is -0.376 e. The summed E-state index contributed by atoms with van der Waals surface area (Å²) < 4.78 is 5.50. The summed E-state index contributed by atoms with van der Waals surface area (Å²) in [5.74, 6) is 0.366. The third-order valence-corrected chi connectivity index (χ3v) is 4.39. The van der Waals surface area contributed by atoms with Crippen LogP contribution in [-0.2, 0) is 9.53 Å². The van der Waals surface area contributed by atoms with Crippen molar-refractivity contribution in [1.29, 1.82) is 0 Å². The molecule has 0 aromatic heterocycles. The molecule has 3 atom stereocenters. The molecule has 1 aromatic carbocycles. The van der Waals surface area contributed by atoms with Crippen molar-refractivity contribution in [1.82, 2.24) is 5.32 Å². The summed E-state index contributed by atoms with van der Waals surface area (Å²) in [5, 5.41) is 5.77. The Balaban J connectivity index is 1.62. The Labute approximate surface area is 130 Å². The maximum atomic E-state index is 12.3. The van der Waals surface area contributed by atoms with E-state index in [1.54, 1.807) is 18.2 Å². The Morgan fingerprint density at radius 2 is 2.09 bits per heavy atom. The first-order valence-electron chi connectivity index (χ1n) is 7.95. The van der Waals surface area contributed by atoms with Crippen LogP contribution in [0.15, 0.2) is 24.3 Å². The van der Waals surface area contributed by atoms with Crippen molar-refractivity contribution in [2.75, 3.05) is 18.5 Å². The standard InChI is InChI=1S/C17H22N2O3/c1-11-9-14(11)17(21)19-15-7-3-2-6-13(15)16(20)18-10-12-5-4-8-22-12/h2-3,6-7,11-12,14H,4-5,8-10H2,1H3,(H,18,20)(H,19,21). The van der Waals surface area contributed by atoms with Crippen LogP contribution in [0.5, 0.6) is 0 Å². The molecule has 3 rings (SSSR count). The predicted molar refractivity (Wildman–Crippen MR) is 83.6 cm³/mol. The van der Waals surface area contributed by atoms with E-state index in [4.69, 9.17) is 4.74 Å². The van der Waals surface area contributed by atoms with Crippen LogP contribution in [0, 0.1) is 11.8 Å². The second-order valence-electron chi connectivity index (χ2n) is 6.20. The van der Waals surface area contributed by atoms with Gasteiger partial charge in [-0.25, -0.2) is 0 Å². The summed E-state index contributed by atoms with van der Waals surface area (Å²) in [6.07, 6.45) is 3.07. The number of nitrogens with one attached hydrogen (secondary N) is 2. The minimum absolute atomic E-state index is 0.00637. The van der Waals surface area contributed by atoms with Gasteiger partial charge in [-0.1, -0.05) is 19.1 Å². The zero-order valence-corrected chi connectivity index (χ0v) is 12.8. The number of amides is 2. The van der Waals surface area contributed by atoms with Gasteiger partial charge in [-0.05, 0) is 37.3 Å². The number of rotatable bonds is 5. The van der Waals surface area contributed by atoms with Crippen molar-refractivity contribution in [3.8, 4) is 0 Å². The number of carbonyl (C=O) groups is 2. The zero-order valence-electron chi connectivity index (χ0n) is 12.8.